The lowest BCUT2D eigenvalue weighted by molar-refractivity contribution is -0.134. The van der Waals surface area contributed by atoms with Crippen LogP contribution in [0.25, 0.3) is 0 Å². The van der Waals surface area contributed by atoms with Gasteiger partial charge in [-0.15, -0.1) is 0 Å². The molecule has 19 heavy (non-hydrogen) atoms. The van der Waals surface area contributed by atoms with Crippen LogP contribution in [0.2, 0.25) is 0 Å². The molecular formula is C14H12N2O3. The minimum Gasteiger partial charge on any atom is -0.457 e. The van der Waals surface area contributed by atoms with Gasteiger partial charge in [0.15, 0.2) is 0 Å². The predicted molar refractivity (Wildman–Crippen MR) is 70.8 cm³/mol. The molecule has 3 N–H and O–H groups in total. The summed E-state index contributed by atoms with van der Waals surface area (Å²) >= 11 is 0. The summed E-state index contributed by atoms with van der Waals surface area (Å²) in [6.45, 7) is 0. The van der Waals surface area contributed by atoms with Crippen LogP contribution >= 0.6 is 0 Å². The molecule has 0 aliphatic carbocycles. The average molecular weight is 256 g/mol. The van der Waals surface area contributed by atoms with Crippen LogP contribution in [-0.4, -0.2) is 11.8 Å². The van der Waals surface area contributed by atoms with E-state index in [2.05, 4.69) is 5.32 Å². The summed E-state index contributed by atoms with van der Waals surface area (Å²) in [6, 6.07) is 15.9. The molecule has 0 saturated heterocycles. The Balaban J connectivity index is 2.03. The highest BCUT2D eigenvalue weighted by molar-refractivity contribution is 6.39. The summed E-state index contributed by atoms with van der Waals surface area (Å²) in [5.74, 6) is -0.527. The van der Waals surface area contributed by atoms with Crippen molar-refractivity contribution in [3.8, 4) is 11.5 Å². The lowest BCUT2D eigenvalue weighted by Gasteiger charge is -2.07. The van der Waals surface area contributed by atoms with Crippen molar-refractivity contribution in [3.63, 3.8) is 0 Å². The summed E-state index contributed by atoms with van der Waals surface area (Å²) in [6.07, 6.45) is 0. The van der Waals surface area contributed by atoms with Gasteiger partial charge >= 0.3 is 11.8 Å². The molecule has 0 unspecified atom stereocenters. The van der Waals surface area contributed by atoms with Crippen LogP contribution in [0.5, 0.6) is 11.5 Å². The number of amides is 2. The predicted octanol–water partition coefficient (Wildman–Crippen LogP) is 1.90. The second kappa shape index (κ2) is 5.68. The molecule has 0 bridgehead atoms. The molecule has 0 atom stereocenters. The summed E-state index contributed by atoms with van der Waals surface area (Å²) < 4.78 is 5.58. The third-order valence-electron chi connectivity index (χ3n) is 2.31. The Hall–Kier alpha value is -2.82. The monoisotopic (exact) mass is 256 g/mol. The molecule has 0 saturated carbocycles. The van der Waals surface area contributed by atoms with E-state index in [9.17, 15) is 9.59 Å². The van der Waals surface area contributed by atoms with Crippen molar-refractivity contribution in [2.45, 2.75) is 0 Å². The van der Waals surface area contributed by atoms with Crippen molar-refractivity contribution in [3.05, 3.63) is 54.6 Å². The maximum absolute atomic E-state index is 11.1. The SMILES string of the molecule is NC(=O)C(=O)Nc1ccc(Oc2ccccc2)cc1. The zero-order valence-electron chi connectivity index (χ0n) is 10.00. The van der Waals surface area contributed by atoms with Gasteiger partial charge in [0.05, 0.1) is 0 Å². The lowest BCUT2D eigenvalue weighted by atomic mass is 10.3. The Morgan fingerprint density at radius 1 is 0.895 bits per heavy atom. The summed E-state index contributed by atoms with van der Waals surface area (Å²) in [5.41, 5.74) is 5.32. The van der Waals surface area contributed by atoms with Gasteiger partial charge in [-0.05, 0) is 36.4 Å². The molecule has 5 heteroatoms. The van der Waals surface area contributed by atoms with Gasteiger partial charge in [0.2, 0.25) is 0 Å². The van der Waals surface area contributed by atoms with E-state index in [4.69, 9.17) is 10.5 Å². The molecule has 0 heterocycles. The van der Waals surface area contributed by atoms with Crippen LogP contribution in [0, 0.1) is 0 Å². The normalized spacial score (nSPS) is 9.68. The summed E-state index contributed by atoms with van der Waals surface area (Å²) in [4.78, 5) is 21.7. The highest BCUT2D eigenvalue weighted by Gasteiger charge is 2.08. The first kappa shape index (κ1) is 12.6. The first-order valence-corrected chi connectivity index (χ1v) is 5.59. The number of benzene rings is 2. The average Bonchev–Trinajstić information content (AvgIpc) is 2.42. The Kier molecular flexibility index (Phi) is 3.78. The van der Waals surface area contributed by atoms with Gasteiger partial charge in [-0.2, -0.15) is 0 Å². The number of hydrogen-bond donors (Lipinski definition) is 2. The number of carbonyl (C=O) groups is 2. The second-order valence-electron chi connectivity index (χ2n) is 3.76. The number of nitrogens with one attached hydrogen (secondary N) is 1. The van der Waals surface area contributed by atoms with E-state index in [1.54, 1.807) is 24.3 Å². The number of para-hydroxylation sites is 1. The molecule has 0 radical (unpaired) electrons. The lowest BCUT2D eigenvalue weighted by Crippen LogP contribution is -2.29. The van der Waals surface area contributed by atoms with Crippen LogP contribution in [0.3, 0.4) is 0 Å². The number of rotatable bonds is 3. The Labute approximate surface area is 110 Å². The zero-order valence-corrected chi connectivity index (χ0v) is 10.00. The first-order valence-electron chi connectivity index (χ1n) is 5.59. The molecule has 2 aromatic carbocycles. The molecule has 0 aliphatic rings. The van der Waals surface area contributed by atoms with Crippen molar-refractivity contribution in [1.29, 1.82) is 0 Å². The standard InChI is InChI=1S/C14H12N2O3/c15-13(17)14(18)16-10-6-8-12(9-7-10)19-11-4-2-1-3-5-11/h1-9H,(H2,15,17)(H,16,18). The molecule has 2 rings (SSSR count). The summed E-state index contributed by atoms with van der Waals surface area (Å²) in [5, 5.41) is 2.36. The molecule has 96 valence electrons. The second-order valence-corrected chi connectivity index (χ2v) is 3.76. The molecule has 5 nitrogen and oxygen atoms in total. The molecular weight excluding hydrogens is 244 g/mol. The Morgan fingerprint density at radius 3 is 2.05 bits per heavy atom. The Morgan fingerprint density at radius 2 is 1.47 bits per heavy atom. The maximum Gasteiger partial charge on any atom is 0.313 e. The van der Waals surface area contributed by atoms with E-state index in [1.165, 1.54) is 0 Å². The van der Waals surface area contributed by atoms with Gasteiger partial charge in [0, 0.05) is 5.69 Å². The minimum atomic E-state index is -1.02. The molecule has 0 aliphatic heterocycles. The van der Waals surface area contributed by atoms with Crippen LogP contribution < -0.4 is 15.8 Å². The largest absolute Gasteiger partial charge is 0.457 e. The van der Waals surface area contributed by atoms with E-state index < -0.39 is 11.8 Å². The fraction of sp³-hybridized carbons (Fsp3) is 0. The van der Waals surface area contributed by atoms with Crippen molar-refractivity contribution in [2.24, 2.45) is 5.73 Å². The van der Waals surface area contributed by atoms with Gasteiger partial charge in [-0.1, -0.05) is 18.2 Å². The minimum absolute atomic E-state index is 0.476. The van der Waals surface area contributed by atoms with E-state index in [0.29, 0.717) is 11.4 Å². The number of primary amides is 1. The molecule has 2 amide bonds. The number of nitrogens with two attached hydrogens (primary N) is 1. The van der Waals surface area contributed by atoms with E-state index >= 15 is 0 Å². The van der Waals surface area contributed by atoms with E-state index in [1.807, 2.05) is 30.3 Å². The molecule has 2 aromatic rings. The van der Waals surface area contributed by atoms with Crippen LogP contribution in [0.1, 0.15) is 0 Å². The quantitative estimate of drug-likeness (QED) is 0.823. The van der Waals surface area contributed by atoms with Gasteiger partial charge in [-0.3, -0.25) is 9.59 Å². The van der Waals surface area contributed by atoms with Gasteiger partial charge in [-0.25, -0.2) is 0 Å². The number of anilines is 1. The number of carbonyl (C=O) groups excluding carboxylic acids is 2. The molecule has 0 spiro atoms. The van der Waals surface area contributed by atoms with Crippen molar-refractivity contribution < 1.29 is 14.3 Å². The van der Waals surface area contributed by atoms with E-state index in [-0.39, 0.29) is 0 Å². The van der Waals surface area contributed by atoms with E-state index in [0.717, 1.165) is 5.75 Å². The fourth-order valence-electron chi connectivity index (χ4n) is 1.42. The van der Waals surface area contributed by atoms with Gasteiger partial charge < -0.3 is 15.8 Å². The number of hydrogen-bond acceptors (Lipinski definition) is 3. The Bertz CT molecular complexity index is 579. The van der Waals surface area contributed by atoms with Crippen LogP contribution in [0.15, 0.2) is 54.6 Å². The van der Waals surface area contributed by atoms with Crippen molar-refractivity contribution in [1.82, 2.24) is 0 Å². The van der Waals surface area contributed by atoms with Gasteiger partial charge in [0.25, 0.3) is 0 Å². The first-order chi connectivity index (χ1) is 9.15. The molecule has 0 aromatic heterocycles. The van der Waals surface area contributed by atoms with Crippen LogP contribution in [0.4, 0.5) is 5.69 Å². The highest BCUT2D eigenvalue weighted by atomic mass is 16.5. The smallest absolute Gasteiger partial charge is 0.313 e. The van der Waals surface area contributed by atoms with Crippen LogP contribution in [-0.2, 0) is 9.59 Å². The zero-order chi connectivity index (χ0) is 13.7. The summed E-state index contributed by atoms with van der Waals surface area (Å²) in [7, 11) is 0. The number of ether oxygens (including phenoxy) is 1. The fourth-order valence-corrected chi connectivity index (χ4v) is 1.42. The van der Waals surface area contributed by atoms with Gasteiger partial charge in [0.1, 0.15) is 11.5 Å². The third kappa shape index (κ3) is 3.57. The van der Waals surface area contributed by atoms with Crippen molar-refractivity contribution >= 4 is 17.5 Å². The third-order valence-corrected chi connectivity index (χ3v) is 2.31. The maximum atomic E-state index is 11.1. The topological polar surface area (TPSA) is 81.4 Å². The highest BCUT2D eigenvalue weighted by Crippen LogP contribution is 2.22. The van der Waals surface area contributed by atoms with Crippen molar-refractivity contribution in [2.75, 3.05) is 5.32 Å². The molecule has 0 fully saturated rings.